The van der Waals surface area contributed by atoms with Gasteiger partial charge in [-0.2, -0.15) is 5.10 Å². The molecular weight excluding hydrogens is 258 g/mol. The van der Waals surface area contributed by atoms with E-state index in [-0.39, 0.29) is 18.0 Å². The first-order valence-electron chi connectivity index (χ1n) is 6.66. The van der Waals surface area contributed by atoms with Crippen molar-refractivity contribution in [3.05, 3.63) is 11.9 Å². The standard InChI is InChI=1S/C14H25N3O3/c1-14(2,3)20-10-11(18)13-12(19-6)9-15-17(13)8-7-16(4)5/h9H,7-8,10H2,1-6H3. The summed E-state index contributed by atoms with van der Waals surface area (Å²) in [7, 11) is 5.49. The molecule has 0 aliphatic carbocycles. The normalized spacial score (nSPS) is 11.9. The van der Waals surface area contributed by atoms with Crippen LogP contribution in [-0.2, 0) is 11.3 Å². The van der Waals surface area contributed by atoms with Gasteiger partial charge in [-0.25, -0.2) is 0 Å². The summed E-state index contributed by atoms with van der Waals surface area (Å²) in [4.78, 5) is 14.4. The van der Waals surface area contributed by atoms with E-state index in [0.717, 1.165) is 6.54 Å². The van der Waals surface area contributed by atoms with E-state index in [0.29, 0.717) is 18.0 Å². The molecule has 0 amide bonds. The Kier molecular flexibility index (Phi) is 5.71. The van der Waals surface area contributed by atoms with Crippen LogP contribution in [0, 0.1) is 0 Å². The molecule has 1 rings (SSSR count). The van der Waals surface area contributed by atoms with E-state index in [1.807, 2.05) is 39.8 Å². The molecule has 0 unspecified atom stereocenters. The van der Waals surface area contributed by atoms with Crippen molar-refractivity contribution in [3.63, 3.8) is 0 Å². The zero-order valence-electron chi connectivity index (χ0n) is 13.3. The molecule has 6 heteroatoms. The number of rotatable bonds is 7. The van der Waals surface area contributed by atoms with Crippen LogP contribution >= 0.6 is 0 Å². The first-order chi connectivity index (χ1) is 9.24. The van der Waals surface area contributed by atoms with Crippen molar-refractivity contribution < 1.29 is 14.3 Å². The zero-order chi connectivity index (χ0) is 15.3. The molecule has 0 fully saturated rings. The molecule has 1 aromatic heterocycles. The second-order valence-electron chi connectivity index (χ2n) is 5.91. The second kappa shape index (κ2) is 6.85. The molecule has 0 saturated heterocycles. The summed E-state index contributed by atoms with van der Waals surface area (Å²) in [6.07, 6.45) is 1.57. The van der Waals surface area contributed by atoms with Gasteiger partial charge in [0, 0.05) is 6.54 Å². The highest BCUT2D eigenvalue weighted by Gasteiger charge is 2.21. The fourth-order valence-electron chi connectivity index (χ4n) is 1.61. The minimum atomic E-state index is -0.350. The average molecular weight is 283 g/mol. The highest BCUT2D eigenvalue weighted by Crippen LogP contribution is 2.19. The summed E-state index contributed by atoms with van der Waals surface area (Å²) in [5.74, 6) is 0.374. The molecule has 0 radical (unpaired) electrons. The highest BCUT2D eigenvalue weighted by atomic mass is 16.5. The van der Waals surface area contributed by atoms with Crippen LogP contribution in [0.3, 0.4) is 0 Å². The van der Waals surface area contributed by atoms with Crippen molar-refractivity contribution >= 4 is 5.78 Å². The Bertz CT molecular complexity index is 447. The van der Waals surface area contributed by atoms with Gasteiger partial charge in [-0.1, -0.05) is 0 Å². The van der Waals surface area contributed by atoms with E-state index >= 15 is 0 Å². The summed E-state index contributed by atoms with van der Waals surface area (Å²) in [5, 5.41) is 4.21. The average Bonchev–Trinajstić information content (AvgIpc) is 2.75. The van der Waals surface area contributed by atoms with Crippen molar-refractivity contribution in [1.29, 1.82) is 0 Å². The summed E-state index contributed by atoms with van der Waals surface area (Å²) in [6, 6.07) is 0. The number of hydrogen-bond donors (Lipinski definition) is 0. The van der Waals surface area contributed by atoms with Gasteiger partial charge >= 0.3 is 0 Å². The monoisotopic (exact) mass is 283 g/mol. The Hall–Kier alpha value is -1.40. The number of ether oxygens (including phenoxy) is 2. The predicted octanol–water partition coefficient (Wildman–Crippen LogP) is 1.45. The van der Waals surface area contributed by atoms with Gasteiger partial charge in [0.05, 0.1) is 25.5 Å². The Morgan fingerprint density at radius 3 is 2.55 bits per heavy atom. The molecule has 0 aliphatic rings. The SMILES string of the molecule is COc1cnn(CCN(C)C)c1C(=O)COC(C)(C)C. The lowest BCUT2D eigenvalue weighted by Gasteiger charge is -2.19. The van der Waals surface area contributed by atoms with Crippen LogP contribution < -0.4 is 4.74 Å². The van der Waals surface area contributed by atoms with E-state index < -0.39 is 0 Å². The molecule has 1 aromatic rings. The molecule has 0 spiro atoms. The Balaban J connectivity index is 2.84. The first-order valence-corrected chi connectivity index (χ1v) is 6.66. The van der Waals surface area contributed by atoms with Crippen molar-refractivity contribution in [1.82, 2.24) is 14.7 Å². The number of methoxy groups -OCH3 is 1. The number of hydrogen-bond acceptors (Lipinski definition) is 5. The maximum atomic E-state index is 12.3. The molecule has 0 bridgehead atoms. The number of likely N-dealkylation sites (N-methyl/N-ethyl adjacent to an activating group) is 1. The third-order valence-corrected chi connectivity index (χ3v) is 2.69. The molecule has 114 valence electrons. The molecule has 6 nitrogen and oxygen atoms in total. The number of Topliss-reactive ketones (excluding diaryl/α,β-unsaturated/α-hetero) is 1. The lowest BCUT2D eigenvalue weighted by atomic mass is 10.2. The van der Waals surface area contributed by atoms with E-state index in [1.54, 1.807) is 10.9 Å². The molecule has 20 heavy (non-hydrogen) atoms. The van der Waals surface area contributed by atoms with Gasteiger partial charge in [0.1, 0.15) is 12.3 Å². The Morgan fingerprint density at radius 1 is 1.40 bits per heavy atom. The number of ketones is 1. The van der Waals surface area contributed by atoms with Crippen molar-refractivity contribution in [3.8, 4) is 5.75 Å². The molecule has 0 aliphatic heterocycles. The number of carbonyl (C=O) groups excluding carboxylic acids is 1. The summed E-state index contributed by atoms with van der Waals surface area (Å²) < 4.78 is 12.4. The quantitative estimate of drug-likeness (QED) is 0.709. The van der Waals surface area contributed by atoms with Gasteiger partial charge in [0.15, 0.2) is 5.75 Å². The van der Waals surface area contributed by atoms with Crippen LogP contribution in [0.1, 0.15) is 31.3 Å². The largest absolute Gasteiger partial charge is 0.493 e. The van der Waals surface area contributed by atoms with Crippen molar-refractivity contribution in [2.45, 2.75) is 32.9 Å². The lowest BCUT2D eigenvalue weighted by Crippen LogP contribution is -2.26. The van der Waals surface area contributed by atoms with Crippen LogP contribution in [0.2, 0.25) is 0 Å². The molecular formula is C14H25N3O3. The van der Waals surface area contributed by atoms with Gasteiger partial charge in [-0.3, -0.25) is 9.48 Å². The van der Waals surface area contributed by atoms with E-state index in [4.69, 9.17) is 9.47 Å². The predicted molar refractivity (Wildman–Crippen MR) is 77.4 cm³/mol. The van der Waals surface area contributed by atoms with Gasteiger partial charge in [-0.15, -0.1) is 0 Å². The van der Waals surface area contributed by atoms with Crippen LogP contribution in [0.4, 0.5) is 0 Å². The third kappa shape index (κ3) is 4.94. The maximum absolute atomic E-state index is 12.3. The third-order valence-electron chi connectivity index (χ3n) is 2.69. The minimum Gasteiger partial charge on any atom is -0.493 e. The van der Waals surface area contributed by atoms with Crippen LogP contribution in [-0.4, -0.2) is 60.4 Å². The van der Waals surface area contributed by atoms with Gasteiger partial charge in [0.25, 0.3) is 0 Å². The fraction of sp³-hybridized carbons (Fsp3) is 0.714. The van der Waals surface area contributed by atoms with Crippen molar-refractivity contribution in [2.24, 2.45) is 0 Å². The molecule has 1 heterocycles. The molecule has 0 atom stereocenters. The van der Waals surface area contributed by atoms with E-state index in [2.05, 4.69) is 5.10 Å². The Labute approximate surface area is 120 Å². The smallest absolute Gasteiger partial charge is 0.210 e. The molecule has 0 saturated carbocycles. The number of carbonyl (C=O) groups is 1. The molecule has 0 N–H and O–H groups in total. The first kappa shape index (κ1) is 16.7. The summed E-state index contributed by atoms with van der Waals surface area (Å²) in [6.45, 7) is 7.20. The topological polar surface area (TPSA) is 56.6 Å². The summed E-state index contributed by atoms with van der Waals surface area (Å²) in [5.41, 5.74) is 0.121. The van der Waals surface area contributed by atoms with Gasteiger partial charge in [-0.05, 0) is 34.9 Å². The lowest BCUT2D eigenvalue weighted by molar-refractivity contribution is 0.00252. The molecule has 0 aromatic carbocycles. The van der Waals surface area contributed by atoms with E-state index in [9.17, 15) is 4.79 Å². The van der Waals surface area contributed by atoms with Crippen molar-refractivity contribution in [2.75, 3.05) is 34.4 Å². The number of nitrogens with zero attached hydrogens (tertiary/aromatic N) is 3. The van der Waals surface area contributed by atoms with Crippen LogP contribution in [0.5, 0.6) is 5.75 Å². The number of aromatic nitrogens is 2. The van der Waals surface area contributed by atoms with Gasteiger partial charge in [0.2, 0.25) is 5.78 Å². The van der Waals surface area contributed by atoms with Crippen LogP contribution in [0.25, 0.3) is 0 Å². The van der Waals surface area contributed by atoms with Gasteiger partial charge < -0.3 is 14.4 Å². The zero-order valence-corrected chi connectivity index (χ0v) is 13.3. The maximum Gasteiger partial charge on any atom is 0.210 e. The van der Waals surface area contributed by atoms with E-state index in [1.165, 1.54) is 7.11 Å². The minimum absolute atomic E-state index is 0.0213. The fourth-order valence-corrected chi connectivity index (χ4v) is 1.61. The highest BCUT2D eigenvalue weighted by molar-refractivity contribution is 5.98. The second-order valence-corrected chi connectivity index (χ2v) is 5.91. The Morgan fingerprint density at radius 2 is 2.05 bits per heavy atom. The van der Waals surface area contributed by atoms with Crippen LogP contribution in [0.15, 0.2) is 6.20 Å². The summed E-state index contributed by atoms with van der Waals surface area (Å²) >= 11 is 0.